The quantitative estimate of drug-likeness (QED) is 0.900. The van der Waals surface area contributed by atoms with E-state index in [4.69, 9.17) is 0 Å². The Hall–Kier alpha value is -2.70. The summed E-state index contributed by atoms with van der Waals surface area (Å²) in [7, 11) is 1.54. The van der Waals surface area contributed by atoms with Crippen LogP contribution in [0.2, 0.25) is 0 Å². The molecule has 0 aliphatic carbocycles. The Labute approximate surface area is 131 Å². The number of hydrogen-bond acceptors (Lipinski definition) is 2. The summed E-state index contributed by atoms with van der Waals surface area (Å²) in [5.74, 6) is -0.432. The highest BCUT2D eigenvalue weighted by Crippen LogP contribution is 2.19. The van der Waals surface area contributed by atoms with E-state index in [9.17, 15) is 18.0 Å². The van der Waals surface area contributed by atoms with Gasteiger partial charge >= 0.3 is 12.6 Å². The molecule has 0 bridgehead atoms. The number of carbonyl (C=O) groups is 1. The lowest BCUT2D eigenvalue weighted by atomic mass is 10.2. The van der Waals surface area contributed by atoms with Gasteiger partial charge in [-0.15, -0.1) is 0 Å². The number of rotatable bonds is 5. The number of urea groups is 1. The van der Waals surface area contributed by atoms with Gasteiger partial charge in [0.15, 0.2) is 0 Å². The van der Waals surface area contributed by atoms with Crippen LogP contribution in [0, 0.1) is 5.82 Å². The summed E-state index contributed by atoms with van der Waals surface area (Å²) in [5, 5.41) is 2.56. The second-order valence-corrected chi connectivity index (χ2v) is 4.82. The van der Waals surface area contributed by atoms with Gasteiger partial charge in [-0.25, -0.2) is 9.18 Å². The van der Waals surface area contributed by atoms with E-state index in [0.29, 0.717) is 11.3 Å². The molecule has 0 aromatic heterocycles. The van der Waals surface area contributed by atoms with Gasteiger partial charge in [0.25, 0.3) is 0 Å². The Morgan fingerprint density at radius 2 is 1.96 bits per heavy atom. The molecule has 2 rings (SSSR count). The van der Waals surface area contributed by atoms with E-state index >= 15 is 0 Å². The van der Waals surface area contributed by atoms with Crippen LogP contribution in [0.1, 0.15) is 5.56 Å². The van der Waals surface area contributed by atoms with Crippen molar-refractivity contribution in [2.75, 3.05) is 12.4 Å². The minimum atomic E-state index is -2.93. The Morgan fingerprint density at radius 1 is 1.22 bits per heavy atom. The highest BCUT2D eigenvalue weighted by atomic mass is 19.3. The zero-order chi connectivity index (χ0) is 16.8. The number of nitrogens with zero attached hydrogens (tertiary/aromatic N) is 1. The second kappa shape index (κ2) is 7.53. The number of carbonyl (C=O) groups excluding carboxylic acids is 1. The molecule has 0 saturated carbocycles. The van der Waals surface area contributed by atoms with E-state index in [0.717, 1.165) is 0 Å². The van der Waals surface area contributed by atoms with Gasteiger partial charge in [-0.05, 0) is 29.8 Å². The average Bonchev–Trinajstić information content (AvgIpc) is 2.46. The largest absolute Gasteiger partial charge is 0.435 e. The number of nitrogens with one attached hydrogen (secondary N) is 1. The average molecular weight is 324 g/mol. The molecular formula is C16H15F3N2O2. The summed E-state index contributed by atoms with van der Waals surface area (Å²) in [6.45, 7) is -2.73. The number of benzene rings is 2. The van der Waals surface area contributed by atoms with E-state index in [-0.39, 0.29) is 18.1 Å². The lowest BCUT2D eigenvalue weighted by molar-refractivity contribution is -0.0497. The van der Waals surface area contributed by atoms with Crippen LogP contribution < -0.4 is 10.1 Å². The van der Waals surface area contributed by atoms with E-state index in [1.54, 1.807) is 25.2 Å². The van der Waals surface area contributed by atoms with Crippen molar-refractivity contribution in [1.82, 2.24) is 4.90 Å². The fraction of sp³-hybridized carbons (Fsp3) is 0.188. The molecule has 122 valence electrons. The van der Waals surface area contributed by atoms with Gasteiger partial charge in [0.2, 0.25) is 0 Å². The van der Waals surface area contributed by atoms with E-state index in [1.165, 1.54) is 35.2 Å². The maximum atomic E-state index is 13.1. The summed E-state index contributed by atoms with van der Waals surface area (Å²) < 4.78 is 41.7. The Bertz CT molecular complexity index is 680. The minimum Gasteiger partial charge on any atom is -0.435 e. The third-order valence-corrected chi connectivity index (χ3v) is 2.97. The number of hydrogen-bond donors (Lipinski definition) is 1. The lowest BCUT2D eigenvalue weighted by Crippen LogP contribution is -2.30. The van der Waals surface area contributed by atoms with Crippen molar-refractivity contribution in [2.24, 2.45) is 0 Å². The molecule has 0 spiro atoms. The van der Waals surface area contributed by atoms with E-state index in [1.807, 2.05) is 0 Å². The topological polar surface area (TPSA) is 41.6 Å². The van der Waals surface area contributed by atoms with Gasteiger partial charge in [-0.3, -0.25) is 0 Å². The molecule has 1 N–H and O–H groups in total. The Morgan fingerprint density at radius 3 is 2.65 bits per heavy atom. The molecule has 23 heavy (non-hydrogen) atoms. The second-order valence-electron chi connectivity index (χ2n) is 4.82. The first-order chi connectivity index (χ1) is 10.9. The van der Waals surface area contributed by atoms with Crippen molar-refractivity contribution in [2.45, 2.75) is 13.2 Å². The van der Waals surface area contributed by atoms with Crippen LogP contribution in [-0.4, -0.2) is 24.6 Å². The van der Waals surface area contributed by atoms with Crippen LogP contribution in [0.3, 0.4) is 0 Å². The molecule has 0 unspecified atom stereocenters. The van der Waals surface area contributed by atoms with Gasteiger partial charge in [-0.1, -0.05) is 18.2 Å². The van der Waals surface area contributed by atoms with Crippen LogP contribution in [0.25, 0.3) is 0 Å². The van der Waals surface area contributed by atoms with Gasteiger partial charge in [0.05, 0.1) is 0 Å². The van der Waals surface area contributed by atoms with Crippen molar-refractivity contribution in [3.8, 4) is 5.75 Å². The summed E-state index contributed by atoms with van der Waals surface area (Å²) in [6, 6.07) is 11.1. The third kappa shape index (κ3) is 5.21. The van der Waals surface area contributed by atoms with Crippen molar-refractivity contribution in [1.29, 1.82) is 0 Å². The molecule has 4 nitrogen and oxygen atoms in total. The highest BCUT2D eigenvalue weighted by molar-refractivity contribution is 5.89. The zero-order valence-electron chi connectivity index (χ0n) is 12.3. The van der Waals surface area contributed by atoms with E-state index in [2.05, 4.69) is 10.1 Å². The third-order valence-electron chi connectivity index (χ3n) is 2.97. The maximum Gasteiger partial charge on any atom is 0.387 e. The fourth-order valence-electron chi connectivity index (χ4n) is 1.95. The van der Waals surface area contributed by atoms with Crippen LogP contribution in [0.4, 0.5) is 23.7 Å². The molecule has 2 aromatic rings. The number of ether oxygens (including phenoxy) is 1. The molecule has 0 aliphatic heterocycles. The smallest absolute Gasteiger partial charge is 0.387 e. The molecule has 2 aromatic carbocycles. The summed E-state index contributed by atoms with van der Waals surface area (Å²) in [6.07, 6.45) is 0. The zero-order valence-corrected chi connectivity index (χ0v) is 12.3. The summed E-state index contributed by atoms with van der Waals surface area (Å²) >= 11 is 0. The minimum absolute atomic E-state index is 0.0504. The molecule has 2 amide bonds. The van der Waals surface area contributed by atoms with Gasteiger partial charge in [0, 0.05) is 25.3 Å². The van der Waals surface area contributed by atoms with Crippen LogP contribution in [0.5, 0.6) is 5.75 Å². The standard InChI is InChI=1S/C16H15F3N2O2/c1-21(10-11-4-2-5-12(17)8-11)16(22)20-13-6-3-7-14(9-13)23-15(18)19/h2-9,15H,10H2,1H3,(H,20,22). The first kappa shape index (κ1) is 16.7. The Balaban J connectivity index is 1.98. The summed E-state index contributed by atoms with van der Waals surface area (Å²) in [5.41, 5.74) is 0.955. The highest BCUT2D eigenvalue weighted by Gasteiger charge is 2.11. The van der Waals surface area contributed by atoms with Gasteiger partial charge in [0.1, 0.15) is 11.6 Å². The van der Waals surface area contributed by atoms with E-state index < -0.39 is 12.6 Å². The maximum absolute atomic E-state index is 13.1. The molecule has 0 heterocycles. The molecule has 7 heteroatoms. The lowest BCUT2D eigenvalue weighted by Gasteiger charge is -2.18. The number of alkyl halides is 2. The van der Waals surface area contributed by atoms with Gasteiger partial charge < -0.3 is 15.0 Å². The molecule has 0 atom stereocenters. The van der Waals surface area contributed by atoms with Crippen molar-refractivity contribution in [3.05, 3.63) is 59.9 Å². The number of halogens is 3. The predicted molar refractivity (Wildman–Crippen MR) is 80.0 cm³/mol. The van der Waals surface area contributed by atoms with Gasteiger partial charge in [-0.2, -0.15) is 8.78 Å². The molecule has 0 saturated heterocycles. The normalized spacial score (nSPS) is 10.5. The molecule has 0 fully saturated rings. The SMILES string of the molecule is CN(Cc1cccc(F)c1)C(=O)Nc1cccc(OC(F)F)c1. The van der Waals surface area contributed by atoms with Crippen molar-refractivity contribution >= 4 is 11.7 Å². The monoisotopic (exact) mass is 324 g/mol. The van der Waals surface area contributed by atoms with Crippen LogP contribution in [0.15, 0.2) is 48.5 Å². The van der Waals surface area contributed by atoms with Crippen LogP contribution in [-0.2, 0) is 6.54 Å². The van der Waals surface area contributed by atoms with Crippen molar-refractivity contribution < 1.29 is 22.7 Å². The summed E-state index contributed by atoms with van der Waals surface area (Å²) in [4.78, 5) is 13.4. The number of amides is 2. The molecular weight excluding hydrogens is 309 g/mol. The molecule has 0 aliphatic rings. The first-order valence-corrected chi connectivity index (χ1v) is 6.75. The van der Waals surface area contributed by atoms with Crippen molar-refractivity contribution in [3.63, 3.8) is 0 Å². The first-order valence-electron chi connectivity index (χ1n) is 6.75. The Kier molecular flexibility index (Phi) is 5.46. The predicted octanol–water partition coefficient (Wildman–Crippen LogP) is 4.09. The molecule has 0 radical (unpaired) electrons. The number of anilines is 1. The fourth-order valence-corrected chi connectivity index (χ4v) is 1.95. The van der Waals surface area contributed by atoms with Crippen LogP contribution >= 0.6 is 0 Å².